The van der Waals surface area contributed by atoms with Crippen molar-refractivity contribution in [2.75, 3.05) is 7.11 Å². The fourth-order valence-corrected chi connectivity index (χ4v) is 2.02. The molecule has 0 saturated heterocycles. The first-order chi connectivity index (χ1) is 8.91. The van der Waals surface area contributed by atoms with Crippen LogP contribution in [0.3, 0.4) is 0 Å². The Morgan fingerprint density at radius 3 is 2.26 bits per heavy atom. The van der Waals surface area contributed by atoms with Crippen LogP contribution in [0.4, 0.5) is 0 Å². The Morgan fingerprint density at radius 1 is 1.00 bits per heavy atom. The molecule has 2 rings (SSSR count). The number of phenols is 1. The highest BCUT2D eigenvalue weighted by Crippen LogP contribution is 2.35. The number of phenolic OH excluding ortho intramolecular Hbond substituents is 1. The molecular weight excluding hydrogens is 236 g/mol. The van der Waals surface area contributed by atoms with E-state index in [1.54, 1.807) is 13.2 Å². The molecular formula is C17H20O2. The first-order valence-electron chi connectivity index (χ1n) is 6.40. The number of hydrogen-bond donors (Lipinski definition) is 1. The predicted octanol–water partition coefficient (Wildman–Crippen LogP) is 4.37. The Balaban J connectivity index is 2.61. The van der Waals surface area contributed by atoms with Crippen molar-refractivity contribution < 1.29 is 9.84 Å². The molecule has 0 radical (unpaired) electrons. The SMILES string of the molecule is COc1cc(-c2ccccc2O)cc(C(C)(C)C)c1. The van der Waals surface area contributed by atoms with Gasteiger partial charge in [0.25, 0.3) is 0 Å². The summed E-state index contributed by atoms with van der Waals surface area (Å²) in [5, 5.41) is 9.98. The van der Waals surface area contributed by atoms with Gasteiger partial charge >= 0.3 is 0 Å². The summed E-state index contributed by atoms with van der Waals surface area (Å²) in [5.74, 6) is 1.10. The molecule has 0 aliphatic heterocycles. The van der Waals surface area contributed by atoms with E-state index < -0.39 is 0 Å². The molecule has 0 aliphatic rings. The summed E-state index contributed by atoms with van der Waals surface area (Å²) in [6, 6.07) is 13.5. The fraction of sp³-hybridized carbons (Fsp3) is 0.294. The summed E-state index contributed by atoms with van der Waals surface area (Å²) < 4.78 is 5.37. The largest absolute Gasteiger partial charge is 0.507 e. The fourth-order valence-electron chi connectivity index (χ4n) is 2.02. The summed E-state index contributed by atoms with van der Waals surface area (Å²) in [6.07, 6.45) is 0. The molecule has 0 atom stereocenters. The van der Waals surface area contributed by atoms with E-state index in [2.05, 4.69) is 26.8 Å². The van der Waals surface area contributed by atoms with Gasteiger partial charge in [-0.2, -0.15) is 0 Å². The van der Waals surface area contributed by atoms with Crippen LogP contribution in [0.15, 0.2) is 42.5 Å². The molecule has 0 spiro atoms. The number of rotatable bonds is 2. The van der Waals surface area contributed by atoms with Crippen LogP contribution in [0, 0.1) is 0 Å². The third kappa shape index (κ3) is 2.90. The van der Waals surface area contributed by atoms with Crippen molar-refractivity contribution in [1.82, 2.24) is 0 Å². The van der Waals surface area contributed by atoms with Gasteiger partial charge in [0.05, 0.1) is 7.11 Å². The summed E-state index contributed by atoms with van der Waals surface area (Å²) in [5.41, 5.74) is 3.02. The van der Waals surface area contributed by atoms with E-state index in [1.807, 2.05) is 30.3 Å². The van der Waals surface area contributed by atoms with Gasteiger partial charge in [-0.15, -0.1) is 0 Å². The lowest BCUT2D eigenvalue weighted by atomic mass is 9.85. The molecule has 0 bridgehead atoms. The highest BCUT2D eigenvalue weighted by atomic mass is 16.5. The Hall–Kier alpha value is -1.96. The molecule has 0 fully saturated rings. The number of ether oxygens (including phenoxy) is 1. The summed E-state index contributed by atoms with van der Waals surface area (Å²) in [4.78, 5) is 0. The topological polar surface area (TPSA) is 29.5 Å². The van der Waals surface area contributed by atoms with Crippen LogP contribution in [0.1, 0.15) is 26.3 Å². The zero-order valence-corrected chi connectivity index (χ0v) is 11.9. The molecule has 2 aromatic rings. The maximum atomic E-state index is 9.98. The van der Waals surface area contributed by atoms with Crippen LogP contribution in [0.25, 0.3) is 11.1 Å². The Labute approximate surface area is 114 Å². The van der Waals surface area contributed by atoms with Gasteiger partial charge in [-0.1, -0.05) is 45.0 Å². The summed E-state index contributed by atoms with van der Waals surface area (Å²) in [7, 11) is 1.66. The number of aromatic hydroxyl groups is 1. The van der Waals surface area contributed by atoms with Crippen LogP contribution in [-0.4, -0.2) is 12.2 Å². The zero-order chi connectivity index (χ0) is 14.0. The Kier molecular flexibility index (Phi) is 3.52. The third-order valence-electron chi connectivity index (χ3n) is 3.22. The Morgan fingerprint density at radius 2 is 1.68 bits per heavy atom. The second-order valence-electron chi connectivity index (χ2n) is 5.72. The molecule has 2 heteroatoms. The number of benzene rings is 2. The van der Waals surface area contributed by atoms with Crippen LogP contribution in [0.2, 0.25) is 0 Å². The van der Waals surface area contributed by atoms with E-state index in [0.29, 0.717) is 0 Å². The number of para-hydroxylation sites is 1. The predicted molar refractivity (Wildman–Crippen MR) is 78.8 cm³/mol. The molecule has 0 aliphatic carbocycles. The lowest BCUT2D eigenvalue weighted by Gasteiger charge is -2.21. The number of methoxy groups -OCH3 is 1. The highest BCUT2D eigenvalue weighted by Gasteiger charge is 2.16. The lowest BCUT2D eigenvalue weighted by Crippen LogP contribution is -2.11. The van der Waals surface area contributed by atoms with Gasteiger partial charge in [0, 0.05) is 5.56 Å². The van der Waals surface area contributed by atoms with Gasteiger partial charge in [0.15, 0.2) is 0 Å². The second-order valence-corrected chi connectivity index (χ2v) is 5.72. The second kappa shape index (κ2) is 4.96. The number of hydrogen-bond acceptors (Lipinski definition) is 2. The van der Waals surface area contributed by atoms with Crippen molar-refractivity contribution in [3.8, 4) is 22.6 Å². The molecule has 0 amide bonds. The molecule has 100 valence electrons. The van der Waals surface area contributed by atoms with Gasteiger partial charge in [-0.05, 0) is 34.7 Å². The van der Waals surface area contributed by atoms with Crippen molar-refractivity contribution in [3.05, 3.63) is 48.0 Å². The minimum absolute atomic E-state index is 0.0354. The molecule has 0 heterocycles. The monoisotopic (exact) mass is 256 g/mol. The first kappa shape index (κ1) is 13.5. The minimum atomic E-state index is 0.0354. The van der Waals surface area contributed by atoms with Crippen LogP contribution >= 0.6 is 0 Å². The van der Waals surface area contributed by atoms with Gasteiger partial charge in [0.1, 0.15) is 11.5 Å². The maximum Gasteiger partial charge on any atom is 0.123 e. The molecule has 0 unspecified atom stereocenters. The lowest BCUT2D eigenvalue weighted by molar-refractivity contribution is 0.413. The van der Waals surface area contributed by atoms with Crippen molar-refractivity contribution in [1.29, 1.82) is 0 Å². The van der Waals surface area contributed by atoms with Gasteiger partial charge in [-0.25, -0.2) is 0 Å². The van der Waals surface area contributed by atoms with Crippen LogP contribution in [0.5, 0.6) is 11.5 Å². The van der Waals surface area contributed by atoms with E-state index in [4.69, 9.17) is 4.74 Å². The normalized spacial score (nSPS) is 11.4. The van der Waals surface area contributed by atoms with E-state index in [-0.39, 0.29) is 11.2 Å². The summed E-state index contributed by atoms with van der Waals surface area (Å²) in [6.45, 7) is 6.49. The standard InChI is InChI=1S/C17H20O2/c1-17(2,3)13-9-12(10-14(11-13)19-4)15-7-5-6-8-16(15)18/h5-11,18H,1-4H3. The van der Waals surface area contributed by atoms with Crippen molar-refractivity contribution in [3.63, 3.8) is 0 Å². The smallest absolute Gasteiger partial charge is 0.123 e. The average Bonchev–Trinajstić information content (AvgIpc) is 2.37. The van der Waals surface area contributed by atoms with Crippen molar-refractivity contribution >= 4 is 0 Å². The molecule has 1 N–H and O–H groups in total. The minimum Gasteiger partial charge on any atom is -0.507 e. The zero-order valence-electron chi connectivity index (χ0n) is 11.9. The van der Waals surface area contributed by atoms with E-state index in [1.165, 1.54) is 5.56 Å². The van der Waals surface area contributed by atoms with E-state index >= 15 is 0 Å². The van der Waals surface area contributed by atoms with Crippen LogP contribution < -0.4 is 4.74 Å². The quantitative estimate of drug-likeness (QED) is 0.864. The van der Waals surface area contributed by atoms with Crippen molar-refractivity contribution in [2.45, 2.75) is 26.2 Å². The van der Waals surface area contributed by atoms with Gasteiger partial charge < -0.3 is 9.84 Å². The van der Waals surface area contributed by atoms with E-state index in [0.717, 1.165) is 16.9 Å². The van der Waals surface area contributed by atoms with Crippen LogP contribution in [-0.2, 0) is 5.41 Å². The summed E-state index contributed by atoms with van der Waals surface area (Å²) >= 11 is 0. The molecule has 19 heavy (non-hydrogen) atoms. The first-order valence-corrected chi connectivity index (χ1v) is 6.40. The van der Waals surface area contributed by atoms with Gasteiger partial charge in [-0.3, -0.25) is 0 Å². The third-order valence-corrected chi connectivity index (χ3v) is 3.22. The highest BCUT2D eigenvalue weighted by molar-refractivity contribution is 5.72. The molecule has 0 saturated carbocycles. The maximum absolute atomic E-state index is 9.98. The average molecular weight is 256 g/mol. The molecule has 2 aromatic carbocycles. The molecule has 0 aromatic heterocycles. The Bertz CT molecular complexity index is 580. The van der Waals surface area contributed by atoms with E-state index in [9.17, 15) is 5.11 Å². The van der Waals surface area contributed by atoms with Gasteiger partial charge in [0.2, 0.25) is 0 Å². The van der Waals surface area contributed by atoms with Crippen molar-refractivity contribution in [2.24, 2.45) is 0 Å². The molecule has 2 nitrogen and oxygen atoms in total.